The van der Waals surface area contributed by atoms with Crippen LogP contribution in [0.4, 0.5) is 24.5 Å². The fourth-order valence-electron chi connectivity index (χ4n) is 3.08. The molecule has 2 rings (SSSR count). The highest BCUT2D eigenvalue weighted by Gasteiger charge is 2.35. The molecule has 3 N–H and O–H groups in total. The summed E-state index contributed by atoms with van der Waals surface area (Å²) in [7, 11) is 1.36. The van der Waals surface area contributed by atoms with Crippen LogP contribution in [-0.4, -0.2) is 42.8 Å². The molecule has 194 valence electrons. The lowest BCUT2D eigenvalue weighted by Crippen LogP contribution is -2.45. The second-order valence-corrected chi connectivity index (χ2v) is 8.22. The van der Waals surface area contributed by atoms with Crippen molar-refractivity contribution in [1.82, 2.24) is 0 Å². The number of anilines is 2. The lowest BCUT2D eigenvalue weighted by molar-refractivity contribution is -0.141. The van der Waals surface area contributed by atoms with Crippen molar-refractivity contribution in [3.63, 3.8) is 0 Å². The van der Waals surface area contributed by atoms with E-state index in [0.717, 1.165) is 37.1 Å². The van der Waals surface area contributed by atoms with Crippen LogP contribution in [-0.2, 0) is 20.5 Å². The highest BCUT2D eigenvalue weighted by atomic mass is 19.4. The third-order valence-corrected chi connectivity index (χ3v) is 5.18. The number of amides is 1. The van der Waals surface area contributed by atoms with Crippen LogP contribution in [0.1, 0.15) is 43.7 Å². The van der Waals surface area contributed by atoms with Crippen LogP contribution >= 0.6 is 0 Å². The normalized spacial score (nSPS) is 12.7. The van der Waals surface area contributed by atoms with Gasteiger partial charge in [-0.25, -0.2) is 0 Å². The molecule has 0 aliphatic carbocycles. The highest BCUT2D eigenvalue weighted by molar-refractivity contribution is 5.97. The first-order valence-electron chi connectivity index (χ1n) is 11.1. The number of methoxy groups -OCH3 is 1. The first kappa shape index (κ1) is 28.5. The van der Waals surface area contributed by atoms with Gasteiger partial charge in [0.15, 0.2) is 5.60 Å². The van der Waals surface area contributed by atoms with E-state index in [-0.39, 0.29) is 11.7 Å². The molecule has 36 heavy (non-hydrogen) atoms. The minimum Gasteiger partial charge on any atom is -0.490 e. The molecular weight excluding hydrogens is 479 g/mol. The molecule has 0 aliphatic rings. The third kappa shape index (κ3) is 8.78. The maximum absolute atomic E-state index is 13.1. The van der Waals surface area contributed by atoms with Gasteiger partial charge in [0, 0.05) is 24.3 Å². The standard InChI is InChI=1S/C25H28F3N3O5/c1-24(34,23(33)31-19-8-7-17(15-29)21(14-19)25(26,27)28)16-36-20-11-9-18(10-12-20)30-13-5-3-4-6-22(32)35-2/h7-12,14,30,34H,3-6,13,16H2,1-2H3,(H,31,33)/t24-/m0/s1. The van der Waals surface area contributed by atoms with Crippen LogP contribution in [0.5, 0.6) is 5.75 Å². The Morgan fingerprint density at radius 3 is 2.33 bits per heavy atom. The van der Waals surface area contributed by atoms with Crippen molar-refractivity contribution in [1.29, 1.82) is 5.26 Å². The number of unbranched alkanes of at least 4 members (excludes halogenated alkanes) is 2. The maximum Gasteiger partial charge on any atom is 0.417 e. The van der Waals surface area contributed by atoms with E-state index >= 15 is 0 Å². The fraction of sp³-hybridized carbons (Fsp3) is 0.400. The number of alkyl halides is 3. The topological polar surface area (TPSA) is 121 Å². The van der Waals surface area contributed by atoms with Gasteiger partial charge in [0.2, 0.25) is 0 Å². The van der Waals surface area contributed by atoms with Crippen LogP contribution < -0.4 is 15.4 Å². The zero-order valence-corrected chi connectivity index (χ0v) is 19.9. The van der Waals surface area contributed by atoms with Crippen LogP contribution in [0, 0.1) is 11.3 Å². The van der Waals surface area contributed by atoms with Gasteiger partial charge >= 0.3 is 12.1 Å². The van der Waals surface area contributed by atoms with Crippen LogP contribution in [0.3, 0.4) is 0 Å². The summed E-state index contributed by atoms with van der Waals surface area (Å²) in [4.78, 5) is 23.5. The van der Waals surface area contributed by atoms with E-state index in [1.165, 1.54) is 20.1 Å². The molecule has 8 nitrogen and oxygen atoms in total. The number of nitriles is 1. The monoisotopic (exact) mass is 507 g/mol. The molecule has 0 spiro atoms. The molecule has 0 bridgehead atoms. The van der Waals surface area contributed by atoms with Crippen molar-refractivity contribution in [2.45, 2.75) is 44.4 Å². The minimum absolute atomic E-state index is 0.215. The number of hydrogen-bond donors (Lipinski definition) is 3. The smallest absolute Gasteiger partial charge is 0.417 e. The van der Waals surface area contributed by atoms with Crippen molar-refractivity contribution in [2.75, 3.05) is 30.9 Å². The molecule has 0 heterocycles. The largest absolute Gasteiger partial charge is 0.490 e. The molecule has 0 saturated heterocycles. The van der Waals surface area contributed by atoms with E-state index < -0.39 is 35.4 Å². The van der Waals surface area contributed by atoms with Gasteiger partial charge in [-0.15, -0.1) is 0 Å². The zero-order chi connectivity index (χ0) is 26.8. The summed E-state index contributed by atoms with van der Waals surface area (Å²) in [6.45, 7) is 1.43. The Morgan fingerprint density at radius 2 is 1.72 bits per heavy atom. The van der Waals surface area contributed by atoms with E-state index in [1.807, 2.05) is 0 Å². The summed E-state index contributed by atoms with van der Waals surface area (Å²) < 4.78 is 49.5. The van der Waals surface area contributed by atoms with Crippen molar-refractivity contribution < 1.29 is 37.3 Å². The van der Waals surface area contributed by atoms with Gasteiger partial charge < -0.3 is 25.2 Å². The number of halogens is 3. The van der Waals surface area contributed by atoms with Gasteiger partial charge in [0.05, 0.1) is 24.3 Å². The molecule has 0 aromatic heterocycles. The van der Waals surface area contributed by atoms with E-state index in [4.69, 9.17) is 10.00 Å². The van der Waals surface area contributed by atoms with Gasteiger partial charge in [0.25, 0.3) is 5.91 Å². The van der Waals surface area contributed by atoms with Gasteiger partial charge in [-0.05, 0) is 62.2 Å². The molecule has 0 unspecified atom stereocenters. The van der Waals surface area contributed by atoms with Crippen molar-refractivity contribution in [2.24, 2.45) is 0 Å². The summed E-state index contributed by atoms with van der Waals surface area (Å²) in [5.74, 6) is -0.810. The second-order valence-electron chi connectivity index (χ2n) is 8.22. The van der Waals surface area contributed by atoms with Gasteiger partial charge in [-0.2, -0.15) is 18.4 Å². The number of carbonyl (C=O) groups excluding carboxylic acids is 2. The van der Waals surface area contributed by atoms with Gasteiger partial charge in [0.1, 0.15) is 12.4 Å². The Balaban J connectivity index is 1.84. The number of ether oxygens (including phenoxy) is 2. The van der Waals surface area contributed by atoms with Crippen LogP contribution in [0.25, 0.3) is 0 Å². The van der Waals surface area contributed by atoms with Gasteiger partial charge in [-0.1, -0.05) is 6.42 Å². The lowest BCUT2D eigenvalue weighted by Gasteiger charge is -2.23. The average Bonchev–Trinajstić information content (AvgIpc) is 2.84. The lowest BCUT2D eigenvalue weighted by atomic mass is 10.1. The number of rotatable bonds is 12. The van der Waals surface area contributed by atoms with Crippen molar-refractivity contribution >= 4 is 23.3 Å². The quantitative estimate of drug-likeness (QED) is 0.286. The Morgan fingerprint density at radius 1 is 1.06 bits per heavy atom. The number of benzene rings is 2. The Labute approximate surface area is 207 Å². The second kappa shape index (κ2) is 12.8. The third-order valence-electron chi connectivity index (χ3n) is 5.18. The summed E-state index contributed by atoms with van der Waals surface area (Å²) in [5, 5.41) is 24.8. The van der Waals surface area contributed by atoms with E-state index in [0.29, 0.717) is 24.8 Å². The Kier molecular flexibility index (Phi) is 10.1. The summed E-state index contributed by atoms with van der Waals surface area (Å²) in [6, 6.07) is 11.0. The van der Waals surface area contributed by atoms with E-state index in [1.54, 1.807) is 24.3 Å². The maximum atomic E-state index is 13.1. The van der Waals surface area contributed by atoms with Gasteiger partial charge in [-0.3, -0.25) is 9.59 Å². The zero-order valence-electron chi connectivity index (χ0n) is 19.9. The number of aliphatic hydroxyl groups is 1. The molecule has 1 atom stereocenters. The molecule has 0 fully saturated rings. The van der Waals surface area contributed by atoms with E-state index in [9.17, 15) is 27.9 Å². The van der Waals surface area contributed by atoms with Crippen LogP contribution in [0.2, 0.25) is 0 Å². The summed E-state index contributed by atoms with van der Waals surface area (Å²) >= 11 is 0. The first-order valence-corrected chi connectivity index (χ1v) is 11.1. The fourth-order valence-corrected chi connectivity index (χ4v) is 3.08. The average molecular weight is 508 g/mol. The highest BCUT2D eigenvalue weighted by Crippen LogP contribution is 2.33. The Hall–Kier alpha value is -3.78. The molecule has 11 heteroatoms. The van der Waals surface area contributed by atoms with Crippen molar-refractivity contribution in [3.8, 4) is 11.8 Å². The summed E-state index contributed by atoms with van der Waals surface area (Å²) in [6.07, 6.45) is -1.88. The number of nitrogens with one attached hydrogen (secondary N) is 2. The predicted octanol–water partition coefficient (Wildman–Crippen LogP) is 4.49. The molecule has 0 saturated carbocycles. The molecule has 0 radical (unpaired) electrons. The van der Waals surface area contributed by atoms with E-state index in [2.05, 4.69) is 15.4 Å². The predicted molar refractivity (Wildman–Crippen MR) is 126 cm³/mol. The molecule has 2 aromatic rings. The molecule has 1 amide bonds. The minimum atomic E-state index is -4.77. The van der Waals surface area contributed by atoms with Crippen LogP contribution in [0.15, 0.2) is 42.5 Å². The summed E-state index contributed by atoms with van der Waals surface area (Å²) in [5.41, 5.74) is -3.19. The Bertz CT molecular complexity index is 1080. The number of nitrogens with zero attached hydrogens (tertiary/aromatic N) is 1. The molecular formula is C25H28F3N3O5. The molecule has 0 aliphatic heterocycles. The first-order chi connectivity index (χ1) is 17.0. The SMILES string of the molecule is COC(=O)CCCCCNc1ccc(OC[C@](C)(O)C(=O)Nc2ccc(C#N)c(C(F)(F)F)c2)cc1. The van der Waals surface area contributed by atoms with Crippen molar-refractivity contribution in [3.05, 3.63) is 53.6 Å². The molecule has 2 aromatic carbocycles. The number of esters is 1. The number of carbonyl (C=O) groups is 2. The number of hydrogen-bond acceptors (Lipinski definition) is 7.